The number of rotatable bonds is 5. The van der Waals surface area contributed by atoms with Gasteiger partial charge in [0.25, 0.3) is 0 Å². The summed E-state index contributed by atoms with van der Waals surface area (Å²) in [7, 11) is -1.60. The van der Waals surface area contributed by atoms with Gasteiger partial charge >= 0.3 is 7.12 Å². The predicted octanol–water partition coefficient (Wildman–Crippen LogP) is 0.617. The smallest absolute Gasteiger partial charge is 0.475 e. The summed E-state index contributed by atoms with van der Waals surface area (Å²) in [4.78, 5) is 12.5. The molecule has 3 aliphatic rings. The molecule has 3 N–H and O–H groups in total. The maximum atomic E-state index is 12.5. The number of benzene rings is 1. The van der Waals surface area contributed by atoms with Gasteiger partial charge in [-0.25, -0.2) is 0 Å². The van der Waals surface area contributed by atoms with Gasteiger partial charge in [-0.1, -0.05) is 18.2 Å². The van der Waals surface area contributed by atoms with Crippen molar-refractivity contribution in [2.75, 3.05) is 6.61 Å². The van der Waals surface area contributed by atoms with Gasteiger partial charge in [-0.2, -0.15) is 0 Å². The van der Waals surface area contributed by atoms with E-state index in [0.717, 1.165) is 30.6 Å². The van der Waals surface area contributed by atoms with Crippen LogP contribution in [0.5, 0.6) is 5.75 Å². The number of hydrogen-bond donors (Lipinski definition) is 3. The van der Waals surface area contributed by atoms with E-state index in [1.165, 1.54) is 0 Å². The standard InChI is InChI=1S/C17H22BNO5/c20-17(13-8-11-5-6-15(13)24-11)19-16(18(21)22)7-10-9-23-14-4-2-1-3-12(10)14/h1-4,10-11,13,15-16,21-22H,5-9H2,(H,19,20)/t10-,11+,13-,15-,16+/m1/s1. The zero-order valence-corrected chi connectivity index (χ0v) is 13.4. The average molecular weight is 331 g/mol. The zero-order valence-electron chi connectivity index (χ0n) is 13.4. The minimum atomic E-state index is -1.60. The third kappa shape index (κ3) is 2.92. The second kappa shape index (κ2) is 6.39. The Labute approximate surface area is 141 Å². The highest BCUT2D eigenvalue weighted by Gasteiger charge is 2.45. The molecule has 24 heavy (non-hydrogen) atoms. The summed E-state index contributed by atoms with van der Waals surface area (Å²) >= 11 is 0. The maximum absolute atomic E-state index is 12.5. The Hall–Kier alpha value is -1.57. The number of carbonyl (C=O) groups excluding carboxylic acids is 1. The highest BCUT2D eigenvalue weighted by Crippen LogP contribution is 2.39. The molecule has 1 aromatic carbocycles. The minimum Gasteiger partial charge on any atom is -0.493 e. The molecule has 2 bridgehead atoms. The van der Waals surface area contributed by atoms with Crippen molar-refractivity contribution in [2.45, 2.75) is 49.8 Å². The molecule has 3 aliphatic heterocycles. The van der Waals surface area contributed by atoms with Crippen LogP contribution in [0.3, 0.4) is 0 Å². The molecular weight excluding hydrogens is 309 g/mol. The van der Waals surface area contributed by atoms with E-state index in [1.807, 2.05) is 24.3 Å². The molecule has 6 nitrogen and oxygen atoms in total. The summed E-state index contributed by atoms with van der Waals surface area (Å²) in [5, 5.41) is 22.3. The molecule has 0 unspecified atom stereocenters. The van der Waals surface area contributed by atoms with Crippen molar-refractivity contribution in [1.82, 2.24) is 5.32 Å². The van der Waals surface area contributed by atoms with E-state index < -0.39 is 13.1 Å². The van der Waals surface area contributed by atoms with Crippen LogP contribution < -0.4 is 10.1 Å². The molecule has 128 valence electrons. The lowest BCUT2D eigenvalue weighted by molar-refractivity contribution is -0.127. The third-order valence-electron chi connectivity index (χ3n) is 5.47. The molecule has 1 amide bonds. The molecule has 3 heterocycles. The predicted molar refractivity (Wildman–Crippen MR) is 87.4 cm³/mol. The van der Waals surface area contributed by atoms with Crippen molar-refractivity contribution >= 4 is 13.0 Å². The molecule has 0 spiro atoms. The molecule has 0 saturated carbocycles. The fourth-order valence-corrected chi connectivity index (χ4v) is 4.19. The van der Waals surface area contributed by atoms with Crippen LogP contribution in [0.15, 0.2) is 24.3 Å². The number of amides is 1. The Morgan fingerprint density at radius 2 is 2.17 bits per heavy atom. The van der Waals surface area contributed by atoms with Crippen LogP contribution in [0.1, 0.15) is 37.2 Å². The quantitative estimate of drug-likeness (QED) is 0.689. The van der Waals surface area contributed by atoms with Crippen molar-refractivity contribution in [1.29, 1.82) is 0 Å². The van der Waals surface area contributed by atoms with Crippen molar-refractivity contribution in [2.24, 2.45) is 5.92 Å². The normalized spacial score (nSPS) is 31.4. The third-order valence-corrected chi connectivity index (χ3v) is 5.47. The molecule has 2 fully saturated rings. The van der Waals surface area contributed by atoms with Crippen molar-refractivity contribution in [3.05, 3.63) is 29.8 Å². The van der Waals surface area contributed by atoms with Crippen molar-refractivity contribution < 1.29 is 24.3 Å². The second-order valence-corrected chi connectivity index (χ2v) is 7.03. The van der Waals surface area contributed by atoms with Gasteiger partial charge in [0.15, 0.2) is 0 Å². The lowest BCUT2D eigenvalue weighted by atomic mass is 9.73. The molecule has 0 aromatic heterocycles. The monoisotopic (exact) mass is 331 g/mol. The van der Waals surface area contributed by atoms with Crippen LogP contribution in [0.25, 0.3) is 0 Å². The van der Waals surface area contributed by atoms with Gasteiger partial charge in [-0.05, 0) is 31.7 Å². The van der Waals surface area contributed by atoms with E-state index in [1.54, 1.807) is 0 Å². The fraction of sp³-hybridized carbons (Fsp3) is 0.588. The van der Waals surface area contributed by atoms with Gasteiger partial charge in [-0.3, -0.25) is 4.79 Å². The Kier molecular flexibility index (Phi) is 4.24. The number of hydrogen-bond acceptors (Lipinski definition) is 5. The van der Waals surface area contributed by atoms with Crippen LogP contribution >= 0.6 is 0 Å². The first-order valence-electron chi connectivity index (χ1n) is 8.65. The van der Waals surface area contributed by atoms with Crippen molar-refractivity contribution in [3.63, 3.8) is 0 Å². The molecule has 0 radical (unpaired) electrons. The molecule has 7 heteroatoms. The Morgan fingerprint density at radius 3 is 2.88 bits per heavy atom. The van der Waals surface area contributed by atoms with Gasteiger partial charge in [0, 0.05) is 11.5 Å². The minimum absolute atomic E-state index is 0.0120. The van der Waals surface area contributed by atoms with Crippen LogP contribution in [-0.2, 0) is 9.53 Å². The molecule has 5 atom stereocenters. The highest BCUT2D eigenvalue weighted by molar-refractivity contribution is 6.43. The zero-order chi connectivity index (χ0) is 16.7. The summed E-state index contributed by atoms with van der Waals surface area (Å²) in [5.41, 5.74) is 1.06. The van der Waals surface area contributed by atoms with Gasteiger partial charge in [0.2, 0.25) is 5.91 Å². The fourth-order valence-electron chi connectivity index (χ4n) is 4.19. The van der Waals surface area contributed by atoms with Crippen LogP contribution in [0.4, 0.5) is 0 Å². The summed E-state index contributed by atoms with van der Waals surface area (Å²) in [6.45, 7) is 0.496. The molecule has 1 aromatic rings. The Bertz CT molecular complexity index is 625. The lowest BCUT2D eigenvalue weighted by Crippen LogP contribution is -2.50. The van der Waals surface area contributed by atoms with Crippen LogP contribution in [0, 0.1) is 5.92 Å². The van der Waals surface area contributed by atoms with Crippen molar-refractivity contribution in [3.8, 4) is 5.75 Å². The van der Waals surface area contributed by atoms with Gasteiger partial charge in [0.1, 0.15) is 5.75 Å². The van der Waals surface area contributed by atoms with Gasteiger partial charge < -0.3 is 24.8 Å². The number of carbonyl (C=O) groups is 1. The summed E-state index contributed by atoms with van der Waals surface area (Å²) in [6, 6.07) is 7.75. The summed E-state index contributed by atoms with van der Waals surface area (Å²) < 4.78 is 11.4. The first-order valence-corrected chi connectivity index (χ1v) is 8.65. The molecule has 2 saturated heterocycles. The van der Waals surface area contributed by atoms with Crippen LogP contribution in [-0.4, -0.2) is 47.8 Å². The van der Waals surface area contributed by atoms with Crippen LogP contribution in [0.2, 0.25) is 0 Å². The summed E-state index contributed by atoms with van der Waals surface area (Å²) in [6.07, 6.45) is 3.29. The Morgan fingerprint density at radius 1 is 1.33 bits per heavy atom. The SMILES string of the molecule is O=C(N[C@@H](C[C@@H]1COc2ccccc21)B(O)O)[C@@H]1C[C@@H]2CC[C@H]1O2. The first-order chi connectivity index (χ1) is 11.6. The Balaban J connectivity index is 1.41. The molecule has 4 rings (SSSR count). The van der Waals surface area contributed by atoms with E-state index in [0.29, 0.717) is 13.0 Å². The molecular formula is C17H22BNO5. The van der Waals surface area contributed by atoms with E-state index in [-0.39, 0.29) is 30.0 Å². The topological polar surface area (TPSA) is 88.0 Å². The lowest BCUT2D eigenvalue weighted by Gasteiger charge is -2.24. The number of ether oxygens (including phenoxy) is 2. The number of para-hydroxylation sites is 1. The van der Waals surface area contributed by atoms with E-state index in [2.05, 4.69) is 5.32 Å². The molecule has 0 aliphatic carbocycles. The maximum Gasteiger partial charge on any atom is 0.475 e. The number of fused-ring (bicyclic) bond motifs is 3. The first kappa shape index (κ1) is 15.9. The summed E-state index contributed by atoms with van der Waals surface area (Å²) in [5.74, 6) is -0.132. The van der Waals surface area contributed by atoms with E-state index in [4.69, 9.17) is 9.47 Å². The van der Waals surface area contributed by atoms with E-state index >= 15 is 0 Å². The number of nitrogens with one attached hydrogen (secondary N) is 1. The average Bonchev–Trinajstić information content (AvgIpc) is 3.29. The van der Waals surface area contributed by atoms with Gasteiger partial charge in [0.05, 0.1) is 30.7 Å². The largest absolute Gasteiger partial charge is 0.493 e. The van der Waals surface area contributed by atoms with E-state index in [9.17, 15) is 14.8 Å². The second-order valence-electron chi connectivity index (χ2n) is 7.03. The van der Waals surface area contributed by atoms with Gasteiger partial charge in [-0.15, -0.1) is 0 Å². The highest BCUT2D eigenvalue weighted by atomic mass is 16.5.